The Morgan fingerprint density at radius 3 is 2.83 bits per heavy atom. The maximum Gasteiger partial charge on any atom is 0.274 e. The number of carbonyl (C=O) groups is 2. The summed E-state index contributed by atoms with van der Waals surface area (Å²) >= 11 is 1.42. The Morgan fingerprint density at radius 1 is 1.56 bits per heavy atom. The minimum Gasteiger partial charge on any atom is -0.396 e. The molecule has 0 saturated carbocycles. The molecule has 0 bridgehead atoms. The number of nitrogens with zero attached hydrogens (tertiary/aromatic N) is 1. The zero-order valence-electron chi connectivity index (χ0n) is 10.5. The van der Waals surface area contributed by atoms with Crippen molar-refractivity contribution >= 4 is 23.6 Å². The SMILES string of the molecule is CC(CCO)SCC(=O)NC(=O)c1cccn1C. The van der Waals surface area contributed by atoms with Gasteiger partial charge in [0.15, 0.2) is 0 Å². The molecule has 0 fully saturated rings. The molecule has 1 rings (SSSR count). The van der Waals surface area contributed by atoms with E-state index in [1.807, 2.05) is 6.92 Å². The van der Waals surface area contributed by atoms with Crippen molar-refractivity contribution in [3.05, 3.63) is 24.0 Å². The molecule has 0 aliphatic heterocycles. The summed E-state index contributed by atoms with van der Waals surface area (Å²) < 4.78 is 1.66. The van der Waals surface area contributed by atoms with Crippen molar-refractivity contribution < 1.29 is 14.7 Å². The number of aliphatic hydroxyl groups excluding tert-OH is 1. The highest BCUT2D eigenvalue weighted by atomic mass is 32.2. The summed E-state index contributed by atoms with van der Waals surface area (Å²) in [7, 11) is 1.75. The molecule has 2 amide bonds. The summed E-state index contributed by atoms with van der Waals surface area (Å²) in [6.07, 6.45) is 2.39. The van der Waals surface area contributed by atoms with Gasteiger partial charge in [0.25, 0.3) is 5.91 Å². The number of aromatic nitrogens is 1. The Bertz CT molecular complexity index is 417. The van der Waals surface area contributed by atoms with E-state index in [1.165, 1.54) is 11.8 Å². The van der Waals surface area contributed by atoms with Gasteiger partial charge in [-0.15, -0.1) is 11.8 Å². The van der Waals surface area contributed by atoms with E-state index >= 15 is 0 Å². The van der Waals surface area contributed by atoms with Crippen molar-refractivity contribution in [2.75, 3.05) is 12.4 Å². The highest BCUT2D eigenvalue weighted by molar-refractivity contribution is 8.00. The predicted octanol–water partition coefficient (Wildman–Crippen LogP) is 0.786. The Kier molecular flexibility index (Phi) is 5.94. The Labute approximate surface area is 111 Å². The van der Waals surface area contributed by atoms with Crippen LogP contribution in [0.1, 0.15) is 23.8 Å². The molecule has 100 valence electrons. The topological polar surface area (TPSA) is 71.3 Å². The van der Waals surface area contributed by atoms with Crippen LogP contribution in [0.4, 0.5) is 0 Å². The van der Waals surface area contributed by atoms with Crippen molar-refractivity contribution in [3.8, 4) is 0 Å². The van der Waals surface area contributed by atoms with E-state index in [0.717, 1.165) is 0 Å². The summed E-state index contributed by atoms with van der Waals surface area (Å²) in [6, 6.07) is 3.40. The number of hydrogen-bond acceptors (Lipinski definition) is 4. The fraction of sp³-hybridized carbons (Fsp3) is 0.500. The fourth-order valence-electron chi connectivity index (χ4n) is 1.41. The number of aliphatic hydroxyl groups is 1. The van der Waals surface area contributed by atoms with Gasteiger partial charge in [0.05, 0.1) is 5.75 Å². The molecule has 5 nitrogen and oxygen atoms in total. The number of imide groups is 1. The summed E-state index contributed by atoms with van der Waals surface area (Å²) in [5.41, 5.74) is 0.455. The first kappa shape index (κ1) is 14.8. The van der Waals surface area contributed by atoms with Crippen LogP contribution < -0.4 is 5.32 Å². The Morgan fingerprint density at radius 2 is 2.28 bits per heavy atom. The van der Waals surface area contributed by atoms with Gasteiger partial charge in [-0.05, 0) is 18.6 Å². The minimum atomic E-state index is -0.386. The maximum absolute atomic E-state index is 11.7. The lowest BCUT2D eigenvalue weighted by Crippen LogP contribution is -2.33. The molecule has 1 aromatic rings. The largest absolute Gasteiger partial charge is 0.396 e. The molecular formula is C12H18N2O3S. The molecule has 1 aromatic heterocycles. The first-order valence-electron chi connectivity index (χ1n) is 5.72. The molecule has 18 heavy (non-hydrogen) atoms. The summed E-state index contributed by atoms with van der Waals surface area (Å²) in [5, 5.41) is 11.3. The van der Waals surface area contributed by atoms with Gasteiger partial charge < -0.3 is 9.67 Å². The molecule has 0 aliphatic carbocycles. The second-order valence-electron chi connectivity index (χ2n) is 4.02. The van der Waals surface area contributed by atoms with Crippen molar-refractivity contribution in [1.82, 2.24) is 9.88 Å². The number of carbonyl (C=O) groups excluding carboxylic acids is 2. The van der Waals surface area contributed by atoms with E-state index in [2.05, 4.69) is 5.32 Å². The number of thioether (sulfide) groups is 1. The van der Waals surface area contributed by atoms with E-state index < -0.39 is 0 Å². The lowest BCUT2D eigenvalue weighted by molar-refractivity contribution is -0.117. The highest BCUT2D eigenvalue weighted by Gasteiger charge is 2.13. The minimum absolute atomic E-state index is 0.109. The average molecular weight is 270 g/mol. The van der Waals surface area contributed by atoms with Gasteiger partial charge in [0, 0.05) is 25.1 Å². The van der Waals surface area contributed by atoms with Gasteiger partial charge in [0.2, 0.25) is 5.91 Å². The predicted molar refractivity (Wildman–Crippen MR) is 71.5 cm³/mol. The van der Waals surface area contributed by atoms with Gasteiger partial charge in [0.1, 0.15) is 5.69 Å². The molecule has 1 atom stereocenters. The van der Waals surface area contributed by atoms with Gasteiger partial charge in [-0.2, -0.15) is 0 Å². The molecular weight excluding hydrogens is 252 g/mol. The van der Waals surface area contributed by atoms with Crippen LogP contribution in [0, 0.1) is 0 Å². The lowest BCUT2D eigenvalue weighted by Gasteiger charge is -2.09. The third kappa shape index (κ3) is 4.54. The van der Waals surface area contributed by atoms with Crippen LogP contribution in [0.25, 0.3) is 0 Å². The van der Waals surface area contributed by atoms with Crippen LogP contribution in [-0.2, 0) is 11.8 Å². The van der Waals surface area contributed by atoms with Crippen molar-refractivity contribution in [2.24, 2.45) is 7.05 Å². The van der Waals surface area contributed by atoms with Gasteiger partial charge in [-0.25, -0.2) is 0 Å². The van der Waals surface area contributed by atoms with Gasteiger partial charge in [-0.3, -0.25) is 14.9 Å². The van der Waals surface area contributed by atoms with E-state index in [0.29, 0.717) is 12.1 Å². The highest BCUT2D eigenvalue weighted by Crippen LogP contribution is 2.12. The van der Waals surface area contributed by atoms with E-state index in [9.17, 15) is 9.59 Å². The van der Waals surface area contributed by atoms with Gasteiger partial charge in [-0.1, -0.05) is 6.92 Å². The standard InChI is InChI=1S/C12H18N2O3S/c1-9(5-7-15)18-8-11(16)13-12(17)10-4-3-6-14(10)2/h3-4,6,9,15H,5,7-8H2,1-2H3,(H,13,16,17). The quantitative estimate of drug-likeness (QED) is 0.801. The van der Waals surface area contributed by atoms with E-state index in [1.54, 1.807) is 29.9 Å². The summed E-state index contributed by atoms with van der Waals surface area (Å²) in [4.78, 5) is 23.2. The van der Waals surface area contributed by atoms with Crippen molar-refractivity contribution in [3.63, 3.8) is 0 Å². The third-order valence-corrected chi connectivity index (χ3v) is 3.70. The number of aryl methyl sites for hydroxylation is 1. The molecule has 1 unspecified atom stereocenters. The fourth-order valence-corrected chi connectivity index (χ4v) is 2.19. The molecule has 2 N–H and O–H groups in total. The summed E-state index contributed by atoms with van der Waals surface area (Å²) in [6.45, 7) is 2.05. The number of rotatable bonds is 6. The monoisotopic (exact) mass is 270 g/mol. The average Bonchev–Trinajstić information content (AvgIpc) is 2.73. The Balaban J connectivity index is 2.37. The lowest BCUT2D eigenvalue weighted by atomic mass is 10.3. The number of hydrogen-bond donors (Lipinski definition) is 2. The molecule has 1 heterocycles. The van der Waals surface area contributed by atoms with Crippen LogP contribution in [0.2, 0.25) is 0 Å². The van der Waals surface area contributed by atoms with Crippen LogP contribution >= 0.6 is 11.8 Å². The second kappa shape index (κ2) is 7.23. The Hall–Kier alpha value is -1.27. The van der Waals surface area contributed by atoms with Crippen LogP contribution in [0.5, 0.6) is 0 Å². The zero-order chi connectivity index (χ0) is 13.5. The van der Waals surface area contributed by atoms with Crippen LogP contribution in [0.3, 0.4) is 0 Å². The second-order valence-corrected chi connectivity index (χ2v) is 5.44. The third-order valence-electron chi connectivity index (χ3n) is 2.46. The normalized spacial score (nSPS) is 12.2. The maximum atomic E-state index is 11.7. The summed E-state index contributed by atoms with van der Waals surface area (Å²) in [5.74, 6) is -0.476. The van der Waals surface area contributed by atoms with Gasteiger partial charge >= 0.3 is 0 Å². The number of nitrogens with one attached hydrogen (secondary N) is 1. The first-order valence-corrected chi connectivity index (χ1v) is 6.77. The van der Waals surface area contributed by atoms with Crippen molar-refractivity contribution in [1.29, 1.82) is 0 Å². The molecule has 0 aliphatic rings. The number of amides is 2. The molecule has 0 aromatic carbocycles. The molecule has 0 spiro atoms. The molecule has 0 radical (unpaired) electrons. The van der Waals surface area contributed by atoms with Crippen LogP contribution in [0.15, 0.2) is 18.3 Å². The molecule has 6 heteroatoms. The first-order chi connectivity index (χ1) is 8.54. The molecule has 0 saturated heterocycles. The van der Waals surface area contributed by atoms with E-state index in [-0.39, 0.29) is 29.4 Å². The van der Waals surface area contributed by atoms with E-state index in [4.69, 9.17) is 5.11 Å². The van der Waals surface area contributed by atoms with Crippen LogP contribution in [-0.4, -0.2) is 39.1 Å². The van der Waals surface area contributed by atoms with Crippen molar-refractivity contribution in [2.45, 2.75) is 18.6 Å². The zero-order valence-corrected chi connectivity index (χ0v) is 11.4. The smallest absolute Gasteiger partial charge is 0.274 e.